The number of ether oxygens (including phenoxy) is 1. The fraction of sp³-hybridized carbons (Fsp3) is 0.333. The number of hydrogen-bond acceptors (Lipinski definition) is 6. The monoisotopic (exact) mass is 690 g/mol. The lowest BCUT2D eigenvalue weighted by Gasteiger charge is -2.39. The van der Waals surface area contributed by atoms with Crippen LogP contribution in [0.2, 0.25) is 5.02 Å². The number of halogens is 3. The van der Waals surface area contributed by atoms with Gasteiger partial charge in [0.05, 0.1) is 28.0 Å². The number of methoxy groups -OCH3 is 1. The number of nitrogens with zero attached hydrogens (tertiary/aromatic N) is 2. The molecule has 46 heavy (non-hydrogen) atoms. The van der Waals surface area contributed by atoms with Gasteiger partial charge in [-0.1, -0.05) is 41.9 Å². The highest BCUT2D eigenvalue weighted by molar-refractivity contribution is 7.89. The fourth-order valence-corrected chi connectivity index (χ4v) is 8.31. The van der Waals surface area contributed by atoms with E-state index in [0.717, 1.165) is 34.6 Å². The summed E-state index contributed by atoms with van der Waals surface area (Å²) in [5.41, 5.74) is 2.97. The minimum atomic E-state index is -3.19. The molecule has 0 spiro atoms. The van der Waals surface area contributed by atoms with Crippen molar-refractivity contribution < 1.29 is 36.6 Å². The van der Waals surface area contributed by atoms with Crippen molar-refractivity contribution in [2.75, 3.05) is 20.4 Å². The number of amides is 2. The summed E-state index contributed by atoms with van der Waals surface area (Å²) in [6.45, 7) is 0.0850. The summed E-state index contributed by atoms with van der Waals surface area (Å²) in [6.07, 6.45) is 2.21. The first-order valence-electron chi connectivity index (χ1n) is 14.5. The van der Waals surface area contributed by atoms with Gasteiger partial charge in [-0.15, -0.1) is 11.3 Å². The molecule has 0 aliphatic heterocycles. The molecule has 3 aromatic carbocycles. The van der Waals surface area contributed by atoms with E-state index in [9.17, 15) is 31.9 Å². The molecule has 1 heterocycles. The first kappa shape index (κ1) is 33.6. The van der Waals surface area contributed by atoms with Crippen LogP contribution < -0.4 is 4.74 Å². The van der Waals surface area contributed by atoms with Gasteiger partial charge in [0.1, 0.15) is 22.3 Å². The summed E-state index contributed by atoms with van der Waals surface area (Å²) in [7, 11) is -0.143. The molecule has 0 bridgehead atoms. The molecule has 1 aliphatic carbocycles. The van der Waals surface area contributed by atoms with Gasteiger partial charge in [-0.2, -0.15) is 0 Å². The number of rotatable bonds is 9. The zero-order chi connectivity index (χ0) is 33.3. The molecule has 1 N–H and O–H groups in total. The quantitative estimate of drug-likeness (QED) is 0.194. The van der Waals surface area contributed by atoms with Gasteiger partial charge < -0.3 is 19.6 Å². The number of carboxylic acid groups (broad SMARTS) is 1. The highest BCUT2D eigenvalue weighted by Crippen LogP contribution is 2.41. The average Bonchev–Trinajstić information content (AvgIpc) is 3.38. The van der Waals surface area contributed by atoms with Crippen molar-refractivity contribution in [1.82, 2.24) is 9.80 Å². The minimum absolute atomic E-state index is 0.0158. The van der Waals surface area contributed by atoms with Gasteiger partial charge in [-0.3, -0.25) is 4.79 Å². The van der Waals surface area contributed by atoms with Gasteiger partial charge in [-0.25, -0.2) is 22.0 Å². The van der Waals surface area contributed by atoms with Gasteiger partial charge in [0.2, 0.25) is 0 Å². The van der Waals surface area contributed by atoms with Crippen molar-refractivity contribution in [3.63, 3.8) is 0 Å². The van der Waals surface area contributed by atoms with Crippen LogP contribution in [0.1, 0.15) is 46.5 Å². The second-order valence-electron chi connectivity index (χ2n) is 11.6. The Kier molecular flexibility index (Phi) is 9.90. The van der Waals surface area contributed by atoms with E-state index in [4.69, 9.17) is 16.3 Å². The van der Waals surface area contributed by atoms with Crippen molar-refractivity contribution in [3.8, 4) is 16.9 Å². The molecule has 13 heteroatoms. The lowest BCUT2D eigenvalue weighted by Crippen LogP contribution is -2.46. The van der Waals surface area contributed by atoms with Gasteiger partial charge >= 0.3 is 6.09 Å². The van der Waals surface area contributed by atoms with Crippen molar-refractivity contribution >= 4 is 54.9 Å². The molecular weight excluding hydrogens is 658 g/mol. The lowest BCUT2D eigenvalue weighted by molar-refractivity contribution is 0.0555. The zero-order valence-electron chi connectivity index (χ0n) is 25.4. The van der Waals surface area contributed by atoms with Gasteiger partial charge in [-0.05, 0) is 66.6 Å². The molecule has 1 aromatic heterocycles. The third-order valence-electron chi connectivity index (χ3n) is 8.43. The molecule has 0 radical (unpaired) electrons. The maximum Gasteiger partial charge on any atom is 0.407 e. The van der Waals surface area contributed by atoms with E-state index in [2.05, 4.69) is 0 Å². The third kappa shape index (κ3) is 7.13. The topological polar surface area (TPSA) is 104 Å². The van der Waals surface area contributed by atoms with Crippen molar-refractivity contribution in [1.29, 1.82) is 0 Å². The molecule has 8 nitrogen and oxygen atoms in total. The second kappa shape index (κ2) is 13.5. The van der Waals surface area contributed by atoms with Crippen molar-refractivity contribution in [3.05, 3.63) is 87.3 Å². The fourth-order valence-electron chi connectivity index (χ4n) is 6.01. The Morgan fingerprint density at radius 3 is 2.17 bits per heavy atom. The number of thiophene rings is 1. The molecular formula is C33H33ClF2N2O6S2. The average molecular weight is 691 g/mol. The summed E-state index contributed by atoms with van der Waals surface area (Å²) in [6, 6.07) is 14.2. The molecule has 1 aliphatic rings. The molecule has 1 saturated carbocycles. The molecule has 1 fully saturated rings. The van der Waals surface area contributed by atoms with Crippen LogP contribution in [0, 0.1) is 11.6 Å². The molecule has 2 amide bonds. The number of hydrogen-bond donors (Lipinski definition) is 1. The maximum atomic E-state index is 14.7. The van der Waals surface area contributed by atoms with Crippen molar-refractivity contribution in [2.45, 2.75) is 50.1 Å². The van der Waals surface area contributed by atoms with Crippen LogP contribution in [0.4, 0.5) is 13.6 Å². The van der Waals surface area contributed by atoms with Gasteiger partial charge in [0.15, 0.2) is 9.84 Å². The SMILES string of the molecule is COc1ccc(-c2ccc(CS(C)(=O)=O)cc2)cc1CN(C(=O)c1sc2c(F)ccc(F)c2c1Cl)C1CCC(N(C)C(=O)O)CC1. The van der Waals surface area contributed by atoms with E-state index in [1.807, 2.05) is 24.3 Å². The van der Waals surface area contributed by atoms with Crippen molar-refractivity contribution in [2.24, 2.45) is 0 Å². The van der Waals surface area contributed by atoms with Crippen LogP contribution in [-0.4, -0.2) is 67.8 Å². The largest absolute Gasteiger partial charge is 0.496 e. The Morgan fingerprint density at radius 1 is 0.978 bits per heavy atom. The van der Waals surface area contributed by atoms with Crippen LogP contribution in [0.15, 0.2) is 54.6 Å². The predicted molar refractivity (Wildman–Crippen MR) is 175 cm³/mol. The minimum Gasteiger partial charge on any atom is -0.496 e. The normalized spacial score (nSPS) is 16.7. The van der Waals surface area contributed by atoms with Crippen LogP contribution in [0.3, 0.4) is 0 Å². The third-order valence-corrected chi connectivity index (χ3v) is 11.0. The summed E-state index contributed by atoms with van der Waals surface area (Å²) in [5, 5.41) is 9.18. The summed E-state index contributed by atoms with van der Waals surface area (Å²) in [5.74, 6) is -1.44. The Morgan fingerprint density at radius 2 is 1.59 bits per heavy atom. The Bertz CT molecular complexity index is 1890. The summed E-state index contributed by atoms with van der Waals surface area (Å²) >= 11 is 7.36. The molecule has 0 unspecified atom stereocenters. The van der Waals surface area contributed by atoms with E-state index >= 15 is 0 Å². The summed E-state index contributed by atoms with van der Waals surface area (Å²) < 4.78 is 58.5. The molecule has 244 valence electrons. The Hall–Kier alpha value is -3.74. The van der Waals surface area contributed by atoms with E-state index in [1.54, 1.807) is 23.1 Å². The first-order chi connectivity index (χ1) is 21.8. The Balaban J connectivity index is 1.52. The van der Waals surface area contributed by atoms with Crippen LogP contribution in [0.25, 0.3) is 21.2 Å². The van der Waals surface area contributed by atoms with Gasteiger partial charge in [0.25, 0.3) is 5.91 Å². The van der Waals surface area contributed by atoms with E-state index in [1.165, 1.54) is 25.3 Å². The molecule has 5 rings (SSSR count). The predicted octanol–water partition coefficient (Wildman–Crippen LogP) is 7.62. The van der Waals surface area contributed by atoms with Crippen LogP contribution in [-0.2, 0) is 22.1 Å². The first-order valence-corrected chi connectivity index (χ1v) is 17.8. The molecule has 0 saturated heterocycles. The smallest absolute Gasteiger partial charge is 0.407 e. The maximum absolute atomic E-state index is 14.7. The number of carbonyl (C=O) groups is 2. The number of sulfone groups is 1. The molecule has 4 aromatic rings. The summed E-state index contributed by atoms with van der Waals surface area (Å²) in [4.78, 5) is 28.8. The van der Waals surface area contributed by atoms with Crippen LogP contribution in [0.5, 0.6) is 5.75 Å². The Labute approximate surface area is 275 Å². The highest BCUT2D eigenvalue weighted by Gasteiger charge is 2.35. The number of carbonyl (C=O) groups excluding carboxylic acids is 1. The highest BCUT2D eigenvalue weighted by atomic mass is 35.5. The zero-order valence-corrected chi connectivity index (χ0v) is 27.8. The lowest BCUT2D eigenvalue weighted by atomic mass is 9.89. The second-order valence-corrected chi connectivity index (χ2v) is 15.1. The molecule has 0 atom stereocenters. The standard InChI is InChI=1S/C33H33ClF2N2O6S2/c1-37(33(40)41)23-9-11-24(12-10-23)38(32(39)31-29(34)28-25(35)13-14-26(36)30(28)45-31)17-22-16-21(8-15-27(22)44-2)20-6-4-19(5-7-20)18-46(3,42)43/h4-8,13-16,23-24H,9-12,17-18H2,1-3H3,(H,40,41). The number of benzene rings is 3. The van der Waals surface area contributed by atoms with Gasteiger partial charge in [0, 0.05) is 37.5 Å². The van der Waals surface area contributed by atoms with E-state index < -0.39 is 33.5 Å². The van der Waals surface area contributed by atoms with E-state index in [-0.39, 0.29) is 44.4 Å². The van der Waals surface area contributed by atoms with Crippen LogP contribution >= 0.6 is 22.9 Å². The van der Waals surface area contributed by atoms with E-state index in [0.29, 0.717) is 42.6 Å². The number of fused-ring (bicyclic) bond motifs is 1.